The summed E-state index contributed by atoms with van der Waals surface area (Å²) in [6.07, 6.45) is 1.91. The Bertz CT molecular complexity index is 308. The summed E-state index contributed by atoms with van der Waals surface area (Å²) in [5.41, 5.74) is -0.738. The Morgan fingerprint density at radius 2 is 1.05 bits per heavy atom. The molecule has 0 heterocycles. The van der Waals surface area contributed by atoms with Gasteiger partial charge < -0.3 is 19.3 Å². The van der Waals surface area contributed by atoms with Gasteiger partial charge in [-0.05, 0) is 36.7 Å². The first kappa shape index (κ1) is 20.6. The number of thiocarbonyl (C=S) groups is 3. The average Bonchev–Trinajstić information content (AvgIpc) is 2.53. The minimum absolute atomic E-state index is 0.169. The van der Waals surface area contributed by atoms with Crippen LogP contribution < -0.4 is 0 Å². The van der Waals surface area contributed by atoms with Crippen LogP contribution in [-0.2, 0) is 14.2 Å². The molecule has 1 N–H and O–H groups in total. The molecule has 122 valence electrons. The number of ether oxygens (including phenoxy) is 3. The van der Waals surface area contributed by atoms with Gasteiger partial charge >= 0.3 is 0 Å². The molecule has 0 aliphatic heterocycles. The van der Waals surface area contributed by atoms with Crippen LogP contribution >= 0.6 is 36.7 Å². The van der Waals surface area contributed by atoms with Gasteiger partial charge in [0.15, 0.2) is 15.2 Å². The Morgan fingerprint density at radius 1 is 0.762 bits per heavy atom. The molecule has 0 radical (unpaired) electrons. The van der Waals surface area contributed by atoms with Crippen LogP contribution in [0.1, 0.15) is 40.0 Å². The maximum Gasteiger partial charge on any atom is 0.159 e. The number of hydrogen-bond donors (Lipinski definition) is 1. The van der Waals surface area contributed by atoms with Gasteiger partial charge in [-0.3, -0.25) is 0 Å². The van der Waals surface area contributed by atoms with Gasteiger partial charge in [-0.15, -0.1) is 0 Å². The predicted octanol–water partition coefficient (Wildman–Crippen LogP) is 3.23. The summed E-state index contributed by atoms with van der Waals surface area (Å²) in [6.45, 7) is 6.17. The second-order valence-corrected chi connectivity index (χ2v) is 6.07. The van der Waals surface area contributed by atoms with Crippen molar-refractivity contribution in [2.24, 2.45) is 5.41 Å². The zero-order chi connectivity index (χ0) is 16.3. The number of aliphatic hydroxyl groups excluding tert-OH is 1. The summed E-state index contributed by atoms with van der Waals surface area (Å²) in [7, 11) is 0. The van der Waals surface area contributed by atoms with Crippen molar-refractivity contribution in [1.82, 2.24) is 0 Å². The van der Waals surface area contributed by atoms with Crippen LogP contribution in [0.3, 0.4) is 0 Å². The molecule has 0 amide bonds. The van der Waals surface area contributed by atoms with E-state index in [4.69, 9.17) is 50.9 Å². The molecule has 0 aliphatic carbocycles. The molecular weight excluding hydrogens is 328 g/mol. The first-order valence-corrected chi connectivity index (χ1v) is 8.23. The van der Waals surface area contributed by atoms with E-state index < -0.39 is 5.41 Å². The van der Waals surface area contributed by atoms with Crippen LogP contribution in [0.4, 0.5) is 0 Å². The van der Waals surface area contributed by atoms with E-state index in [2.05, 4.69) is 0 Å². The van der Waals surface area contributed by atoms with E-state index in [0.29, 0.717) is 34.4 Å². The fraction of sp³-hybridized carbons (Fsp3) is 0.786. The maximum atomic E-state index is 9.76. The molecule has 0 unspecified atom stereocenters. The maximum absolute atomic E-state index is 9.76. The van der Waals surface area contributed by atoms with Gasteiger partial charge in [-0.25, -0.2) is 0 Å². The molecule has 0 aromatic carbocycles. The minimum atomic E-state index is -0.738. The van der Waals surface area contributed by atoms with Crippen molar-refractivity contribution in [2.75, 3.05) is 26.4 Å². The van der Waals surface area contributed by atoms with Gasteiger partial charge in [0, 0.05) is 19.3 Å². The molecule has 0 aliphatic rings. The quantitative estimate of drug-likeness (QED) is 0.606. The summed E-state index contributed by atoms with van der Waals surface area (Å²) >= 11 is 15.2. The molecule has 4 nitrogen and oxygen atoms in total. The molecule has 0 saturated carbocycles. The summed E-state index contributed by atoms with van der Waals surface area (Å²) in [5.74, 6) is 0. The Morgan fingerprint density at radius 3 is 1.24 bits per heavy atom. The van der Waals surface area contributed by atoms with Crippen molar-refractivity contribution in [3.8, 4) is 0 Å². The number of rotatable bonds is 10. The molecular formula is C14H24O4S3. The zero-order valence-electron chi connectivity index (χ0n) is 12.8. The number of aliphatic hydroxyl groups is 1. The average molecular weight is 353 g/mol. The topological polar surface area (TPSA) is 47.9 Å². The standard InChI is InChI=1S/C14H24O4S3/c1-4-11(19)16-8-14(7-15,9-17-12(20)5-2)10-18-13(21)6-3/h15H,4-10H2,1-3H3. The van der Waals surface area contributed by atoms with E-state index in [-0.39, 0.29) is 26.4 Å². The lowest BCUT2D eigenvalue weighted by Gasteiger charge is -2.31. The third kappa shape index (κ3) is 8.60. The molecule has 7 heteroatoms. The van der Waals surface area contributed by atoms with E-state index in [1.165, 1.54) is 0 Å². The SMILES string of the molecule is CCC(=S)OCC(CO)(COC(=S)CC)COC(=S)CC. The third-order valence-corrected chi connectivity index (χ3v) is 4.04. The molecule has 0 spiro atoms. The van der Waals surface area contributed by atoms with Crippen LogP contribution in [-0.4, -0.2) is 46.7 Å². The zero-order valence-corrected chi connectivity index (χ0v) is 15.3. The highest BCUT2D eigenvalue weighted by Crippen LogP contribution is 2.20. The van der Waals surface area contributed by atoms with Gasteiger partial charge in [0.25, 0.3) is 0 Å². The normalized spacial score (nSPS) is 10.9. The molecule has 0 bridgehead atoms. The first-order chi connectivity index (χ1) is 9.92. The van der Waals surface area contributed by atoms with E-state index in [9.17, 15) is 5.11 Å². The lowest BCUT2D eigenvalue weighted by molar-refractivity contribution is -0.0202. The Balaban J connectivity index is 4.76. The van der Waals surface area contributed by atoms with E-state index in [1.807, 2.05) is 20.8 Å². The first-order valence-electron chi connectivity index (χ1n) is 7.00. The molecule has 0 aromatic heterocycles. The van der Waals surface area contributed by atoms with E-state index >= 15 is 0 Å². The molecule has 0 rings (SSSR count). The van der Waals surface area contributed by atoms with Gasteiger partial charge in [0.05, 0.1) is 12.0 Å². The van der Waals surface area contributed by atoms with E-state index in [1.54, 1.807) is 0 Å². The highest BCUT2D eigenvalue weighted by atomic mass is 32.1. The largest absolute Gasteiger partial charge is 0.486 e. The molecule has 0 atom stereocenters. The van der Waals surface area contributed by atoms with Crippen molar-refractivity contribution in [2.45, 2.75) is 40.0 Å². The van der Waals surface area contributed by atoms with E-state index in [0.717, 1.165) is 0 Å². The Hall–Kier alpha value is -0.370. The molecule has 0 aromatic rings. The van der Waals surface area contributed by atoms with Crippen molar-refractivity contribution < 1.29 is 19.3 Å². The van der Waals surface area contributed by atoms with Gasteiger partial charge in [0.2, 0.25) is 0 Å². The lowest BCUT2D eigenvalue weighted by Crippen LogP contribution is -2.42. The second kappa shape index (κ2) is 11.2. The third-order valence-electron chi connectivity index (χ3n) is 2.82. The van der Waals surface area contributed by atoms with Crippen molar-refractivity contribution in [3.05, 3.63) is 0 Å². The molecule has 0 saturated heterocycles. The van der Waals surface area contributed by atoms with Gasteiger partial charge in [-0.2, -0.15) is 0 Å². The van der Waals surface area contributed by atoms with Crippen molar-refractivity contribution in [1.29, 1.82) is 0 Å². The smallest absolute Gasteiger partial charge is 0.159 e. The predicted molar refractivity (Wildman–Crippen MR) is 96.0 cm³/mol. The number of hydrogen-bond acceptors (Lipinski definition) is 7. The van der Waals surface area contributed by atoms with Crippen LogP contribution in [0.15, 0.2) is 0 Å². The summed E-state index contributed by atoms with van der Waals surface area (Å²) in [4.78, 5) is 0. The summed E-state index contributed by atoms with van der Waals surface area (Å²) < 4.78 is 16.5. The second-order valence-electron chi connectivity index (χ2n) is 4.70. The van der Waals surface area contributed by atoms with Crippen molar-refractivity contribution >= 4 is 51.8 Å². The summed E-state index contributed by atoms with van der Waals surface area (Å²) in [6, 6.07) is 0. The Kier molecular flexibility index (Phi) is 11.0. The fourth-order valence-electron chi connectivity index (χ4n) is 1.27. The highest BCUT2D eigenvalue weighted by Gasteiger charge is 2.34. The minimum Gasteiger partial charge on any atom is -0.486 e. The molecule has 0 fully saturated rings. The monoisotopic (exact) mass is 352 g/mol. The van der Waals surface area contributed by atoms with Crippen molar-refractivity contribution in [3.63, 3.8) is 0 Å². The van der Waals surface area contributed by atoms with Crippen LogP contribution in [0, 0.1) is 5.41 Å². The van der Waals surface area contributed by atoms with Gasteiger partial charge in [-0.1, -0.05) is 20.8 Å². The van der Waals surface area contributed by atoms with Crippen LogP contribution in [0.25, 0.3) is 0 Å². The highest BCUT2D eigenvalue weighted by molar-refractivity contribution is 7.80. The van der Waals surface area contributed by atoms with Crippen LogP contribution in [0.2, 0.25) is 0 Å². The Labute approximate surface area is 143 Å². The lowest BCUT2D eigenvalue weighted by atomic mass is 9.92. The summed E-state index contributed by atoms with van der Waals surface area (Å²) in [5, 5.41) is 11.2. The van der Waals surface area contributed by atoms with Gasteiger partial charge in [0.1, 0.15) is 19.8 Å². The van der Waals surface area contributed by atoms with Crippen LogP contribution in [0.5, 0.6) is 0 Å². The molecule has 21 heavy (non-hydrogen) atoms. The fourth-order valence-corrected chi connectivity index (χ4v) is 1.45.